The van der Waals surface area contributed by atoms with Gasteiger partial charge in [0.1, 0.15) is 5.75 Å². The summed E-state index contributed by atoms with van der Waals surface area (Å²) in [4.78, 5) is 10.3. The van der Waals surface area contributed by atoms with Gasteiger partial charge in [-0.05, 0) is 36.8 Å². The minimum absolute atomic E-state index is 0.107. The molecule has 21 heavy (non-hydrogen) atoms. The third kappa shape index (κ3) is 3.50. The summed E-state index contributed by atoms with van der Waals surface area (Å²) in [6.07, 6.45) is -4.50. The van der Waals surface area contributed by atoms with Crippen molar-refractivity contribution in [3.8, 4) is 11.5 Å². The smallest absolute Gasteiger partial charge is 0.416 e. The molecule has 0 saturated carbocycles. The van der Waals surface area contributed by atoms with Crippen LogP contribution in [-0.2, 0) is 6.18 Å². The average Bonchev–Trinajstić information content (AvgIpc) is 2.40. The van der Waals surface area contributed by atoms with Gasteiger partial charge in [0.15, 0.2) is 0 Å². The fraction of sp³-hybridized carbons (Fsp3) is 0.143. The lowest BCUT2D eigenvalue weighted by Gasteiger charge is -2.10. The summed E-state index contributed by atoms with van der Waals surface area (Å²) in [5.41, 5.74) is -0.528. The van der Waals surface area contributed by atoms with E-state index in [1.165, 1.54) is 24.3 Å². The Hall–Kier alpha value is -2.57. The maximum Gasteiger partial charge on any atom is 0.416 e. The van der Waals surface area contributed by atoms with Crippen molar-refractivity contribution in [1.29, 1.82) is 0 Å². The Morgan fingerprint density at radius 3 is 2.48 bits per heavy atom. The molecule has 0 unspecified atom stereocenters. The number of benzene rings is 2. The van der Waals surface area contributed by atoms with Crippen LogP contribution in [0.2, 0.25) is 0 Å². The fourth-order valence-electron chi connectivity index (χ4n) is 1.72. The first kappa shape index (κ1) is 14.8. The van der Waals surface area contributed by atoms with Crippen molar-refractivity contribution in [2.75, 3.05) is 0 Å². The molecule has 0 aromatic heterocycles. The molecule has 4 nitrogen and oxygen atoms in total. The lowest BCUT2D eigenvalue weighted by atomic mass is 10.2. The van der Waals surface area contributed by atoms with E-state index < -0.39 is 16.7 Å². The van der Waals surface area contributed by atoms with Crippen molar-refractivity contribution in [1.82, 2.24) is 0 Å². The molecule has 0 aliphatic rings. The molecule has 0 heterocycles. The van der Waals surface area contributed by atoms with Crippen LogP contribution in [0.25, 0.3) is 0 Å². The van der Waals surface area contributed by atoms with E-state index in [0.29, 0.717) is 5.56 Å². The summed E-state index contributed by atoms with van der Waals surface area (Å²) in [6.45, 7) is 1.67. The van der Waals surface area contributed by atoms with Gasteiger partial charge in [0.25, 0.3) is 0 Å². The summed E-state index contributed by atoms with van der Waals surface area (Å²) < 4.78 is 43.0. The van der Waals surface area contributed by atoms with Gasteiger partial charge in [-0.3, -0.25) is 10.1 Å². The molecule has 0 spiro atoms. The molecule has 2 aromatic carbocycles. The lowest BCUT2D eigenvalue weighted by molar-refractivity contribution is -0.385. The summed E-state index contributed by atoms with van der Waals surface area (Å²) in [6, 6.07) is 8.41. The Balaban J connectivity index is 2.37. The van der Waals surface area contributed by atoms with Crippen LogP contribution < -0.4 is 4.74 Å². The summed E-state index contributed by atoms with van der Waals surface area (Å²) in [5, 5.41) is 10.9. The van der Waals surface area contributed by atoms with Gasteiger partial charge < -0.3 is 4.74 Å². The molecule has 2 aromatic rings. The van der Waals surface area contributed by atoms with Crippen LogP contribution in [0.4, 0.5) is 18.9 Å². The number of nitro benzene ring substituents is 1. The third-order valence-electron chi connectivity index (χ3n) is 2.70. The highest BCUT2D eigenvalue weighted by molar-refractivity contribution is 5.50. The monoisotopic (exact) mass is 297 g/mol. The summed E-state index contributed by atoms with van der Waals surface area (Å²) in [5.74, 6) is -0.221. The van der Waals surface area contributed by atoms with Gasteiger partial charge in [0, 0.05) is 6.07 Å². The van der Waals surface area contributed by atoms with E-state index in [1.54, 1.807) is 13.0 Å². The first-order chi connectivity index (χ1) is 9.77. The van der Waals surface area contributed by atoms with Crippen LogP contribution in [-0.4, -0.2) is 4.92 Å². The zero-order valence-electron chi connectivity index (χ0n) is 10.8. The number of aryl methyl sites for hydroxylation is 1. The normalized spacial score (nSPS) is 11.2. The molecule has 0 fully saturated rings. The van der Waals surface area contributed by atoms with E-state index in [9.17, 15) is 23.3 Å². The number of hydrogen-bond donors (Lipinski definition) is 0. The van der Waals surface area contributed by atoms with Crippen molar-refractivity contribution in [2.24, 2.45) is 0 Å². The van der Waals surface area contributed by atoms with E-state index in [4.69, 9.17) is 4.74 Å². The van der Waals surface area contributed by atoms with Crippen LogP contribution in [0, 0.1) is 17.0 Å². The quantitative estimate of drug-likeness (QED) is 0.608. The minimum Gasteiger partial charge on any atom is -0.450 e. The molecular formula is C14H10F3NO3. The number of halogens is 3. The van der Waals surface area contributed by atoms with E-state index >= 15 is 0 Å². The summed E-state index contributed by atoms with van der Waals surface area (Å²) >= 11 is 0. The highest BCUT2D eigenvalue weighted by Crippen LogP contribution is 2.35. The number of nitro groups is 1. The van der Waals surface area contributed by atoms with E-state index in [2.05, 4.69) is 0 Å². The highest BCUT2D eigenvalue weighted by atomic mass is 19.4. The van der Waals surface area contributed by atoms with Crippen LogP contribution >= 0.6 is 0 Å². The highest BCUT2D eigenvalue weighted by Gasteiger charge is 2.30. The van der Waals surface area contributed by atoms with Gasteiger partial charge >= 0.3 is 11.9 Å². The Kier molecular flexibility index (Phi) is 3.84. The van der Waals surface area contributed by atoms with Gasteiger partial charge in [0.05, 0.1) is 10.5 Å². The van der Waals surface area contributed by atoms with Gasteiger partial charge in [-0.15, -0.1) is 0 Å². The Bertz CT molecular complexity index is 683. The van der Waals surface area contributed by atoms with Crippen molar-refractivity contribution < 1.29 is 22.8 Å². The molecule has 0 atom stereocenters. The predicted molar refractivity (Wildman–Crippen MR) is 69.4 cm³/mol. The zero-order valence-corrected chi connectivity index (χ0v) is 10.8. The van der Waals surface area contributed by atoms with E-state index in [-0.39, 0.29) is 17.2 Å². The average molecular weight is 297 g/mol. The van der Waals surface area contributed by atoms with Crippen molar-refractivity contribution in [3.63, 3.8) is 0 Å². The molecule has 0 saturated heterocycles. The number of hydrogen-bond acceptors (Lipinski definition) is 3. The topological polar surface area (TPSA) is 52.4 Å². The first-order valence-corrected chi connectivity index (χ1v) is 5.87. The Morgan fingerprint density at radius 2 is 1.86 bits per heavy atom. The predicted octanol–water partition coefficient (Wildman–Crippen LogP) is 4.71. The lowest BCUT2D eigenvalue weighted by Crippen LogP contribution is -2.04. The number of ether oxygens (including phenoxy) is 1. The van der Waals surface area contributed by atoms with Crippen molar-refractivity contribution in [3.05, 3.63) is 63.7 Å². The van der Waals surface area contributed by atoms with Crippen LogP contribution in [0.3, 0.4) is 0 Å². The molecule has 110 valence electrons. The van der Waals surface area contributed by atoms with E-state index in [0.717, 1.165) is 12.1 Å². The van der Waals surface area contributed by atoms with Crippen LogP contribution in [0.5, 0.6) is 11.5 Å². The molecular weight excluding hydrogens is 287 g/mol. The molecule has 0 amide bonds. The molecule has 0 bridgehead atoms. The van der Waals surface area contributed by atoms with Gasteiger partial charge in [-0.25, -0.2) is 0 Å². The van der Waals surface area contributed by atoms with Gasteiger partial charge in [-0.2, -0.15) is 13.2 Å². The number of alkyl halides is 3. The Labute approximate surface area is 117 Å². The van der Waals surface area contributed by atoms with Gasteiger partial charge in [0.2, 0.25) is 5.75 Å². The maximum atomic E-state index is 12.6. The van der Waals surface area contributed by atoms with E-state index in [1.807, 2.05) is 0 Å². The van der Waals surface area contributed by atoms with Gasteiger partial charge in [-0.1, -0.05) is 12.1 Å². The molecule has 0 aliphatic carbocycles. The number of rotatable bonds is 3. The maximum absolute atomic E-state index is 12.6. The van der Waals surface area contributed by atoms with Crippen LogP contribution in [0.1, 0.15) is 11.1 Å². The second-order valence-electron chi connectivity index (χ2n) is 4.36. The second-order valence-corrected chi connectivity index (χ2v) is 4.36. The SMILES string of the molecule is Cc1ccc(Oc2cccc(C(F)(F)F)c2)c([N+](=O)[O-])c1. The number of nitrogens with zero attached hydrogens (tertiary/aromatic N) is 1. The molecule has 0 radical (unpaired) electrons. The second kappa shape index (κ2) is 5.43. The van der Waals surface area contributed by atoms with Crippen LogP contribution in [0.15, 0.2) is 42.5 Å². The van der Waals surface area contributed by atoms with Crippen molar-refractivity contribution >= 4 is 5.69 Å². The first-order valence-electron chi connectivity index (χ1n) is 5.87. The largest absolute Gasteiger partial charge is 0.450 e. The zero-order chi connectivity index (χ0) is 15.6. The summed E-state index contributed by atoms with van der Waals surface area (Å²) in [7, 11) is 0. The minimum atomic E-state index is -4.50. The molecule has 2 rings (SSSR count). The van der Waals surface area contributed by atoms with Crippen molar-refractivity contribution in [2.45, 2.75) is 13.1 Å². The molecule has 0 aliphatic heterocycles. The molecule has 7 heteroatoms. The standard InChI is InChI=1S/C14H10F3NO3/c1-9-5-6-13(12(7-9)18(19)20)21-11-4-2-3-10(8-11)14(15,16)17/h2-8H,1H3. The fourth-order valence-corrected chi connectivity index (χ4v) is 1.72. The molecule has 0 N–H and O–H groups in total. The Morgan fingerprint density at radius 1 is 1.14 bits per heavy atom. The third-order valence-corrected chi connectivity index (χ3v) is 2.70.